The van der Waals surface area contributed by atoms with Gasteiger partial charge in [-0.15, -0.1) is 5.11 Å². The van der Waals surface area contributed by atoms with E-state index in [0.29, 0.717) is 17.1 Å². The third-order valence-corrected chi connectivity index (χ3v) is 2.99. The molecule has 0 saturated carbocycles. The molecule has 0 radical (unpaired) electrons. The van der Waals surface area contributed by atoms with Crippen molar-refractivity contribution in [2.45, 2.75) is 13.2 Å². The monoisotopic (exact) mass is 340 g/mol. The molecule has 0 fully saturated rings. The first kappa shape index (κ1) is 17.9. The Morgan fingerprint density at radius 2 is 1.80 bits per heavy atom. The van der Waals surface area contributed by atoms with Crippen molar-refractivity contribution < 1.29 is 24.2 Å². The Kier molecular flexibility index (Phi) is 6.00. The van der Waals surface area contributed by atoms with E-state index < -0.39 is 18.2 Å². The molecule has 2 aromatic rings. The average molecular weight is 340 g/mol. The Hall–Kier alpha value is -3.48. The summed E-state index contributed by atoms with van der Waals surface area (Å²) in [5.74, 6) is -1.21. The number of ether oxygens (including phenoxy) is 2. The Morgan fingerprint density at radius 1 is 1.12 bits per heavy atom. The number of rotatable bonds is 7. The van der Waals surface area contributed by atoms with Crippen LogP contribution >= 0.6 is 0 Å². The number of hydrogen-bond acceptors (Lipinski definition) is 6. The summed E-state index contributed by atoms with van der Waals surface area (Å²) in [6.07, 6.45) is 0.225. The van der Waals surface area contributed by atoms with Crippen LogP contribution in [0, 0.1) is 0 Å². The van der Waals surface area contributed by atoms with Gasteiger partial charge in [0.2, 0.25) is 6.29 Å². The lowest BCUT2D eigenvalue weighted by molar-refractivity contribution is -0.154. The van der Waals surface area contributed by atoms with Crippen LogP contribution in [-0.4, -0.2) is 23.3 Å². The van der Waals surface area contributed by atoms with Crippen molar-refractivity contribution >= 4 is 23.3 Å². The van der Waals surface area contributed by atoms with E-state index in [4.69, 9.17) is 14.6 Å². The fourth-order valence-electron chi connectivity index (χ4n) is 1.84. The summed E-state index contributed by atoms with van der Waals surface area (Å²) in [6, 6.07) is 12.8. The zero-order valence-electron chi connectivity index (χ0n) is 13.5. The quantitative estimate of drug-likeness (QED) is 0.351. The summed E-state index contributed by atoms with van der Waals surface area (Å²) in [4.78, 5) is 22.0. The summed E-state index contributed by atoms with van der Waals surface area (Å²) in [7, 11) is 0. The molecule has 0 saturated heterocycles. The number of carboxylic acids is 1. The van der Waals surface area contributed by atoms with Gasteiger partial charge >= 0.3 is 11.9 Å². The first-order valence-corrected chi connectivity index (χ1v) is 7.33. The van der Waals surface area contributed by atoms with Crippen LogP contribution in [0.25, 0.3) is 0 Å². The largest absolute Gasteiger partial charge is 0.478 e. The van der Waals surface area contributed by atoms with E-state index in [0.717, 1.165) is 6.08 Å². The summed E-state index contributed by atoms with van der Waals surface area (Å²) >= 11 is 0. The van der Waals surface area contributed by atoms with E-state index in [2.05, 4.69) is 16.8 Å². The van der Waals surface area contributed by atoms with Gasteiger partial charge < -0.3 is 14.6 Å². The fraction of sp³-hybridized carbons (Fsp3) is 0.111. The Balaban J connectivity index is 2.12. The molecule has 1 atom stereocenters. The van der Waals surface area contributed by atoms with Gasteiger partial charge in [0.05, 0.1) is 11.3 Å². The van der Waals surface area contributed by atoms with Gasteiger partial charge in [0.1, 0.15) is 5.69 Å². The van der Waals surface area contributed by atoms with Crippen LogP contribution in [0.15, 0.2) is 71.4 Å². The number of esters is 1. The van der Waals surface area contributed by atoms with Crippen LogP contribution in [-0.2, 0) is 9.53 Å². The maximum absolute atomic E-state index is 11.2. The van der Waals surface area contributed by atoms with Crippen molar-refractivity contribution in [2.75, 3.05) is 0 Å². The molecule has 7 heteroatoms. The highest BCUT2D eigenvalue weighted by molar-refractivity contribution is 5.87. The SMILES string of the molecule is C=CC(=O)OC(C)Oc1ccccc1N=Nc1ccc(C(=O)O)cc1. The summed E-state index contributed by atoms with van der Waals surface area (Å²) in [6.45, 7) is 4.89. The maximum atomic E-state index is 11.2. The Bertz CT molecular complexity index is 799. The summed E-state index contributed by atoms with van der Waals surface area (Å²) < 4.78 is 10.5. The second-order valence-corrected chi connectivity index (χ2v) is 4.85. The number of azo groups is 1. The molecule has 2 aromatic carbocycles. The Morgan fingerprint density at radius 3 is 2.44 bits per heavy atom. The van der Waals surface area contributed by atoms with Gasteiger partial charge in [-0.3, -0.25) is 0 Å². The molecular weight excluding hydrogens is 324 g/mol. The highest BCUT2D eigenvalue weighted by Gasteiger charge is 2.11. The fourth-order valence-corrected chi connectivity index (χ4v) is 1.84. The van der Waals surface area contributed by atoms with E-state index in [1.807, 2.05) is 0 Å². The van der Waals surface area contributed by atoms with Crippen LogP contribution in [0.5, 0.6) is 5.75 Å². The lowest BCUT2D eigenvalue weighted by Gasteiger charge is -2.15. The summed E-state index contributed by atoms with van der Waals surface area (Å²) in [5.41, 5.74) is 1.10. The molecule has 0 spiro atoms. The first-order chi connectivity index (χ1) is 12.0. The average Bonchev–Trinajstić information content (AvgIpc) is 2.61. The molecule has 25 heavy (non-hydrogen) atoms. The van der Waals surface area contributed by atoms with Crippen LogP contribution in [0.2, 0.25) is 0 Å². The predicted octanol–water partition coefficient (Wildman–Crippen LogP) is 4.25. The molecule has 0 aromatic heterocycles. The zero-order valence-corrected chi connectivity index (χ0v) is 13.5. The highest BCUT2D eigenvalue weighted by atomic mass is 16.7. The Labute approximate surface area is 144 Å². The van der Waals surface area contributed by atoms with Gasteiger partial charge in [0.25, 0.3) is 0 Å². The number of nitrogens with zero attached hydrogens (tertiary/aromatic N) is 2. The van der Waals surface area contributed by atoms with E-state index >= 15 is 0 Å². The van der Waals surface area contributed by atoms with Crippen LogP contribution < -0.4 is 4.74 Å². The van der Waals surface area contributed by atoms with Gasteiger partial charge in [-0.1, -0.05) is 18.7 Å². The lowest BCUT2D eigenvalue weighted by atomic mass is 10.2. The molecule has 7 nitrogen and oxygen atoms in total. The number of carbonyl (C=O) groups is 2. The van der Waals surface area contributed by atoms with Crippen molar-refractivity contribution in [3.8, 4) is 5.75 Å². The molecule has 0 aliphatic carbocycles. The van der Waals surface area contributed by atoms with Gasteiger partial charge in [0, 0.05) is 13.0 Å². The molecule has 0 aliphatic heterocycles. The second kappa shape index (κ2) is 8.39. The molecular formula is C18H16N2O5. The van der Waals surface area contributed by atoms with E-state index in [9.17, 15) is 9.59 Å². The van der Waals surface area contributed by atoms with Crippen molar-refractivity contribution in [1.29, 1.82) is 0 Å². The minimum Gasteiger partial charge on any atom is -0.478 e. The zero-order chi connectivity index (χ0) is 18.2. The molecule has 128 valence electrons. The number of para-hydroxylation sites is 1. The lowest BCUT2D eigenvalue weighted by Crippen LogP contribution is -2.19. The van der Waals surface area contributed by atoms with Crippen LogP contribution in [0.1, 0.15) is 17.3 Å². The van der Waals surface area contributed by atoms with Gasteiger partial charge in [-0.2, -0.15) is 5.11 Å². The van der Waals surface area contributed by atoms with Crippen LogP contribution in [0.4, 0.5) is 11.4 Å². The molecule has 2 rings (SSSR count). The topological polar surface area (TPSA) is 97.5 Å². The van der Waals surface area contributed by atoms with E-state index in [1.54, 1.807) is 43.3 Å². The molecule has 0 bridgehead atoms. The van der Waals surface area contributed by atoms with Crippen molar-refractivity contribution in [2.24, 2.45) is 10.2 Å². The number of benzene rings is 2. The first-order valence-electron chi connectivity index (χ1n) is 7.33. The summed E-state index contributed by atoms with van der Waals surface area (Å²) in [5, 5.41) is 17.0. The number of aromatic carboxylic acids is 1. The van der Waals surface area contributed by atoms with Gasteiger partial charge in [-0.05, 0) is 36.4 Å². The highest BCUT2D eigenvalue weighted by Crippen LogP contribution is 2.29. The van der Waals surface area contributed by atoms with E-state index in [1.165, 1.54) is 12.1 Å². The van der Waals surface area contributed by atoms with Gasteiger partial charge in [-0.25, -0.2) is 9.59 Å². The maximum Gasteiger partial charge on any atom is 0.335 e. The number of carboxylic acid groups (broad SMARTS) is 1. The normalized spacial score (nSPS) is 11.7. The molecule has 0 heterocycles. The molecule has 0 amide bonds. The van der Waals surface area contributed by atoms with E-state index in [-0.39, 0.29) is 5.56 Å². The van der Waals surface area contributed by atoms with Crippen molar-refractivity contribution in [1.82, 2.24) is 0 Å². The van der Waals surface area contributed by atoms with Crippen molar-refractivity contribution in [3.05, 3.63) is 66.7 Å². The predicted molar refractivity (Wildman–Crippen MR) is 90.4 cm³/mol. The van der Waals surface area contributed by atoms with Gasteiger partial charge in [0.15, 0.2) is 5.75 Å². The minimum absolute atomic E-state index is 0.167. The third kappa shape index (κ3) is 5.28. The number of carbonyl (C=O) groups excluding carboxylic acids is 1. The van der Waals surface area contributed by atoms with Crippen molar-refractivity contribution in [3.63, 3.8) is 0 Å². The minimum atomic E-state index is -1.01. The number of hydrogen-bond donors (Lipinski definition) is 1. The molecule has 1 unspecified atom stereocenters. The molecule has 0 aliphatic rings. The third-order valence-electron chi connectivity index (χ3n) is 2.99. The van der Waals surface area contributed by atoms with Crippen LogP contribution in [0.3, 0.4) is 0 Å². The standard InChI is InChI=1S/C18H16N2O5/c1-3-17(21)25-12(2)24-16-7-5-4-6-15(16)20-19-14-10-8-13(9-11-14)18(22)23/h3-12H,1H2,2H3,(H,22,23). The smallest absolute Gasteiger partial charge is 0.335 e. The molecule has 1 N–H and O–H groups in total. The second-order valence-electron chi connectivity index (χ2n) is 4.85.